The molecule has 1 aliphatic heterocycles. The van der Waals surface area contributed by atoms with Gasteiger partial charge < -0.3 is 5.73 Å². The lowest BCUT2D eigenvalue weighted by Crippen LogP contribution is -2.34. The predicted octanol–water partition coefficient (Wildman–Crippen LogP) is 2.85. The Kier molecular flexibility index (Phi) is 8.01. The summed E-state index contributed by atoms with van der Waals surface area (Å²) in [4.78, 5) is 0. The van der Waals surface area contributed by atoms with Gasteiger partial charge in [-0.1, -0.05) is 57.0 Å². The molecule has 0 unspecified atom stereocenters. The molecule has 0 radical (unpaired) electrons. The summed E-state index contributed by atoms with van der Waals surface area (Å²) in [5.41, 5.74) is 7.09. The first kappa shape index (κ1) is 20.4. The highest BCUT2D eigenvalue weighted by Gasteiger charge is 2.39. The summed E-state index contributed by atoms with van der Waals surface area (Å²) in [6, 6.07) is 10.1. The first-order valence-corrected chi connectivity index (χ1v) is 9.85. The maximum atomic E-state index is 12.7. The summed E-state index contributed by atoms with van der Waals surface area (Å²) in [5.74, 6) is 0.928. The highest BCUT2D eigenvalue weighted by atomic mass is 35.5. The van der Waals surface area contributed by atoms with Gasteiger partial charge in [-0.25, -0.2) is 12.7 Å². The van der Waals surface area contributed by atoms with Crippen molar-refractivity contribution in [2.45, 2.75) is 32.6 Å². The molecule has 0 spiro atoms. The van der Waals surface area contributed by atoms with Crippen LogP contribution in [0.2, 0.25) is 0 Å². The molecule has 0 aliphatic carbocycles. The summed E-state index contributed by atoms with van der Waals surface area (Å²) in [6.07, 6.45) is 1.82. The molecule has 0 aromatic heterocycles. The Labute approximate surface area is 146 Å². The Morgan fingerprint density at radius 2 is 1.78 bits per heavy atom. The Morgan fingerprint density at radius 1 is 1.17 bits per heavy atom. The zero-order valence-corrected chi connectivity index (χ0v) is 15.7. The van der Waals surface area contributed by atoms with Crippen molar-refractivity contribution in [3.05, 3.63) is 35.9 Å². The number of benzene rings is 1. The lowest BCUT2D eigenvalue weighted by atomic mass is 9.89. The lowest BCUT2D eigenvalue weighted by molar-refractivity contribution is 0.441. The number of hydrogen-bond donors (Lipinski definition) is 1. The fourth-order valence-corrected chi connectivity index (χ4v) is 5.39. The van der Waals surface area contributed by atoms with Gasteiger partial charge in [0.05, 0.1) is 5.75 Å². The average molecular weight is 361 g/mol. The van der Waals surface area contributed by atoms with Crippen molar-refractivity contribution in [1.82, 2.24) is 4.31 Å². The molecule has 1 saturated heterocycles. The van der Waals surface area contributed by atoms with Crippen LogP contribution in [0.5, 0.6) is 0 Å². The first-order valence-electron chi connectivity index (χ1n) is 8.24. The van der Waals surface area contributed by atoms with Crippen LogP contribution in [0, 0.1) is 11.8 Å². The van der Waals surface area contributed by atoms with Crippen LogP contribution in [0.1, 0.15) is 38.2 Å². The van der Waals surface area contributed by atoms with E-state index in [9.17, 15) is 8.42 Å². The molecule has 2 rings (SSSR count). The van der Waals surface area contributed by atoms with E-state index < -0.39 is 10.0 Å². The van der Waals surface area contributed by atoms with E-state index in [1.165, 1.54) is 5.56 Å². The third-order valence-electron chi connectivity index (χ3n) is 4.93. The van der Waals surface area contributed by atoms with Gasteiger partial charge in [0.2, 0.25) is 10.0 Å². The quantitative estimate of drug-likeness (QED) is 0.813. The average Bonchev–Trinajstić information content (AvgIpc) is 2.98. The molecule has 0 bridgehead atoms. The van der Waals surface area contributed by atoms with Crippen molar-refractivity contribution in [2.24, 2.45) is 17.6 Å². The predicted molar refractivity (Wildman–Crippen MR) is 98.4 cm³/mol. The number of nitrogens with zero attached hydrogens (tertiary/aromatic N) is 1. The van der Waals surface area contributed by atoms with Gasteiger partial charge in [0.25, 0.3) is 0 Å². The fraction of sp³-hybridized carbons (Fsp3) is 0.647. The van der Waals surface area contributed by atoms with Crippen molar-refractivity contribution >= 4 is 22.4 Å². The van der Waals surface area contributed by atoms with Crippen molar-refractivity contribution in [2.75, 3.05) is 25.4 Å². The minimum Gasteiger partial charge on any atom is -0.330 e. The Balaban J connectivity index is 0.00000264. The zero-order chi connectivity index (χ0) is 16.2. The third-order valence-corrected chi connectivity index (χ3v) is 6.91. The van der Waals surface area contributed by atoms with E-state index in [-0.39, 0.29) is 35.9 Å². The molecule has 1 aromatic rings. The number of nitrogens with two attached hydrogens (primary N) is 1. The number of rotatable bonds is 7. The highest BCUT2D eigenvalue weighted by molar-refractivity contribution is 7.89. The van der Waals surface area contributed by atoms with E-state index >= 15 is 0 Å². The molecule has 4 nitrogen and oxygen atoms in total. The van der Waals surface area contributed by atoms with Gasteiger partial charge in [-0.05, 0) is 23.9 Å². The standard InChI is InChI=1S/C17H28N2O2S.ClH/c1-3-14(4-2)13-22(20,21)19-11-16(10-18)17(12-19)15-8-6-5-7-9-15;/h5-9,14,16-17H,3-4,10-13,18H2,1-2H3;1H/t16-,17+;/m1./s1. The monoisotopic (exact) mass is 360 g/mol. The topological polar surface area (TPSA) is 63.4 Å². The van der Waals surface area contributed by atoms with Crippen LogP contribution in [-0.4, -0.2) is 38.1 Å². The fourth-order valence-electron chi connectivity index (χ4n) is 3.30. The normalized spacial score (nSPS) is 22.3. The molecule has 132 valence electrons. The summed E-state index contributed by atoms with van der Waals surface area (Å²) >= 11 is 0. The first-order chi connectivity index (χ1) is 10.5. The van der Waals surface area contributed by atoms with Crippen LogP contribution >= 0.6 is 12.4 Å². The van der Waals surface area contributed by atoms with Crippen LogP contribution in [0.4, 0.5) is 0 Å². The van der Waals surface area contributed by atoms with Crippen molar-refractivity contribution < 1.29 is 8.42 Å². The Bertz CT molecular complexity index is 561. The second-order valence-electron chi connectivity index (χ2n) is 6.29. The van der Waals surface area contributed by atoms with E-state index in [1.807, 2.05) is 18.2 Å². The van der Waals surface area contributed by atoms with Crippen LogP contribution in [0.15, 0.2) is 30.3 Å². The smallest absolute Gasteiger partial charge is 0.214 e. The number of sulfonamides is 1. The largest absolute Gasteiger partial charge is 0.330 e. The molecule has 0 amide bonds. The lowest BCUT2D eigenvalue weighted by Gasteiger charge is -2.20. The highest BCUT2D eigenvalue weighted by Crippen LogP contribution is 2.34. The molecular formula is C17H29ClN2O2S. The molecule has 1 aliphatic rings. The SMILES string of the molecule is CCC(CC)CS(=O)(=O)N1C[C@@H](CN)[C@H](c2ccccc2)C1.Cl. The van der Waals surface area contributed by atoms with E-state index in [4.69, 9.17) is 5.73 Å². The summed E-state index contributed by atoms with van der Waals surface area (Å²) in [5, 5.41) is 0. The molecular weight excluding hydrogens is 332 g/mol. The molecule has 6 heteroatoms. The summed E-state index contributed by atoms with van der Waals surface area (Å²) < 4.78 is 27.0. The van der Waals surface area contributed by atoms with Crippen LogP contribution in [-0.2, 0) is 10.0 Å². The van der Waals surface area contributed by atoms with Crippen molar-refractivity contribution in [3.8, 4) is 0 Å². The van der Waals surface area contributed by atoms with E-state index in [2.05, 4.69) is 26.0 Å². The van der Waals surface area contributed by atoms with Crippen molar-refractivity contribution in [3.63, 3.8) is 0 Å². The summed E-state index contributed by atoms with van der Waals surface area (Å²) in [7, 11) is -3.19. The zero-order valence-electron chi connectivity index (χ0n) is 14.0. The number of halogens is 1. The van der Waals surface area contributed by atoms with Gasteiger partial charge in [0.15, 0.2) is 0 Å². The van der Waals surface area contributed by atoms with Crippen molar-refractivity contribution in [1.29, 1.82) is 0 Å². The van der Waals surface area contributed by atoms with Gasteiger partial charge in [0.1, 0.15) is 0 Å². The molecule has 1 fully saturated rings. The molecule has 0 saturated carbocycles. The minimum atomic E-state index is -3.19. The van der Waals surface area contributed by atoms with Crippen LogP contribution in [0.25, 0.3) is 0 Å². The third kappa shape index (κ3) is 4.92. The molecule has 2 N–H and O–H groups in total. The number of hydrogen-bond acceptors (Lipinski definition) is 3. The van der Waals surface area contributed by atoms with Gasteiger partial charge in [-0.15, -0.1) is 12.4 Å². The molecule has 23 heavy (non-hydrogen) atoms. The Morgan fingerprint density at radius 3 is 2.30 bits per heavy atom. The molecule has 2 atom stereocenters. The summed E-state index contributed by atoms with van der Waals surface area (Å²) in [6.45, 7) is 5.76. The van der Waals surface area contributed by atoms with E-state index in [1.54, 1.807) is 4.31 Å². The van der Waals surface area contributed by atoms with E-state index in [0.717, 1.165) is 12.8 Å². The van der Waals surface area contributed by atoms with Crippen LogP contribution in [0.3, 0.4) is 0 Å². The minimum absolute atomic E-state index is 0. The van der Waals surface area contributed by atoms with Gasteiger partial charge >= 0.3 is 0 Å². The second kappa shape index (κ2) is 9.02. The molecule has 1 aromatic carbocycles. The maximum Gasteiger partial charge on any atom is 0.214 e. The van der Waals surface area contributed by atoms with Gasteiger partial charge in [-0.2, -0.15) is 0 Å². The second-order valence-corrected chi connectivity index (χ2v) is 8.30. The Hall–Kier alpha value is -0.620. The van der Waals surface area contributed by atoms with Crippen LogP contribution < -0.4 is 5.73 Å². The maximum absolute atomic E-state index is 12.7. The van der Waals surface area contributed by atoms with E-state index in [0.29, 0.717) is 19.6 Å². The van der Waals surface area contributed by atoms with Gasteiger partial charge in [-0.3, -0.25) is 0 Å². The molecule has 1 heterocycles. The van der Waals surface area contributed by atoms with Gasteiger partial charge in [0, 0.05) is 19.0 Å².